The zero-order valence-corrected chi connectivity index (χ0v) is 8.67. The number of tetrazole rings is 1. The second-order valence-corrected chi connectivity index (χ2v) is 4.46. The fourth-order valence-corrected chi connectivity index (χ4v) is 2.78. The molecule has 1 fully saturated rings. The molecule has 0 saturated heterocycles. The van der Waals surface area contributed by atoms with Crippen molar-refractivity contribution in [3.63, 3.8) is 0 Å². The van der Waals surface area contributed by atoms with Gasteiger partial charge in [0.2, 0.25) is 0 Å². The second kappa shape index (κ2) is 2.87. The minimum Gasteiger partial charge on any atom is -0.364 e. The third kappa shape index (κ3) is 0.998. The normalized spacial score (nSPS) is 27.5. The maximum absolute atomic E-state index is 4.50. The molecule has 0 bridgehead atoms. The Morgan fingerprint density at radius 2 is 2.19 bits per heavy atom. The third-order valence-electron chi connectivity index (χ3n) is 3.53. The van der Waals surface area contributed by atoms with Gasteiger partial charge in [-0.05, 0) is 23.3 Å². The molecule has 82 valence electrons. The summed E-state index contributed by atoms with van der Waals surface area (Å²) in [5, 5.41) is 18.9. The molecule has 0 spiro atoms. The molecule has 1 aliphatic heterocycles. The number of nitrogens with one attached hydrogen (secondary N) is 1. The van der Waals surface area contributed by atoms with E-state index in [4.69, 9.17) is 0 Å². The smallest absolute Gasteiger partial charge is 0.291 e. The fourth-order valence-electron chi connectivity index (χ4n) is 2.78. The molecule has 7 heteroatoms. The molecule has 2 aliphatic rings. The molecular formula is C9H11N7. The molecule has 3 heterocycles. The van der Waals surface area contributed by atoms with Gasteiger partial charge < -0.3 is 5.32 Å². The summed E-state index contributed by atoms with van der Waals surface area (Å²) in [4.78, 5) is 4.50. The number of hydrogen-bond acceptors (Lipinski definition) is 6. The van der Waals surface area contributed by atoms with Crippen molar-refractivity contribution in [3.05, 3.63) is 5.69 Å². The average molecular weight is 217 g/mol. The van der Waals surface area contributed by atoms with Crippen molar-refractivity contribution in [2.75, 3.05) is 5.32 Å². The van der Waals surface area contributed by atoms with Crippen LogP contribution in [0.25, 0.3) is 5.78 Å². The van der Waals surface area contributed by atoms with Crippen LogP contribution in [0.4, 0.5) is 5.82 Å². The summed E-state index contributed by atoms with van der Waals surface area (Å²) in [6.07, 6.45) is 4.97. The first-order chi connectivity index (χ1) is 7.92. The monoisotopic (exact) mass is 217 g/mol. The Morgan fingerprint density at radius 3 is 3.19 bits per heavy atom. The molecule has 4 rings (SSSR count). The van der Waals surface area contributed by atoms with E-state index in [1.807, 2.05) is 0 Å². The van der Waals surface area contributed by atoms with Crippen LogP contribution in [0, 0.1) is 0 Å². The summed E-state index contributed by atoms with van der Waals surface area (Å²) in [5.74, 6) is 1.85. The summed E-state index contributed by atoms with van der Waals surface area (Å²) < 4.78 is 1.38. The van der Waals surface area contributed by atoms with Crippen LogP contribution in [0.2, 0.25) is 0 Å². The van der Waals surface area contributed by atoms with E-state index in [9.17, 15) is 0 Å². The highest BCUT2D eigenvalue weighted by atomic mass is 15.6. The third-order valence-corrected chi connectivity index (χ3v) is 3.53. The van der Waals surface area contributed by atoms with Gasteiger partial charge in [0.15, 0.2) is 5.82 Å². The molecule has 16 heavy (non-hydrogen) atoms. The van der Waals surface area contributed by atoms with E-state index in [1.54, 1.807) is 0 Å². The van der Waals surface area contributed by atoms with Gasteiger partial charge in [0, 0.05) is 12.0 Å². The van der Waals surface area contributed by atoms with Crippen LogP contribution in [-0.4, -0.2) is 36.3 Å². The largest absolute Gasteiger partial charge is 0.364 e. The minimum absolute atomic E-state index is 0.492. The van der Waals surface area contributed by atoms with Crippen molar-refractivity contribution < 1.29 is 0 Å². The van der Waals surface area contributed by atoms with Crippen molar-refractivity contribution in [1.29, 1.82) is 0 Å². The molecule has 0 amide bonds. The molecule has 0 aromatic carbocycles. The van der Waals surface area contributed by atoms with E-state index in [1.165, 1.54) is 30.3 Å². The van der Waals surface area contributed by atoms with Crippen LogP contribution in [0.3, 0.4) is 0 Å². The Labute approximate surface area is 91.2 Å². The summed E-state index contributed by atoms with van der Waals surface area (Å²) in [7, 11) is 0. The van der Waals surface area contributed by atoms with E-state index in [2.05, 4.69) is 30.9 Å². The van der Waals surface area contributed by atoms with E-state index in [0.29, 0.717) is 17.7 Å². The Bertz CT molecular complexity index is 548. The molecule has 2 unspecified atom stereocenters. The number of nitrogens with zero attached hydrogens (tertiary/aromatic N) is 6. The van der Waals surface area contributed by atoms with Crippen LogP contribution >= 0.6 is 0 Å². The lowest BCUT2D eigenvalue weighted by atomic mass is 9.85. The molecule has 7 nitrogen and oxygen atoms in total. The maximum atomic E-state index is 4.50. The van der Waals surface area contributed by atoms with Gasteiger partial charge in [-0.25, -0.2) is 4.98 Å². The SMILES string of the molecule is C1CCC2c3nc4nnnn4nc3NC2C1. The van der Waals surface area contributed by atoms with Gasteiger partial charge in [-0.15, -0.1) is 5.10 Å². The molecule has 2 aromatic rings. The van der Waals surface area contributed by atoms with E-state index in [0.717, 1.165) is 11.5 Å². The lowest BCUT2D eigenvalue weighted by Crippen LogP contribution is -2.24. The highest BCUT2D eigenvalue weighted by Gasteiger charge is 2.36. The second-order valence-electron chi connectivity index (χ2n) is 4.46. The van der Waals surface area contributed by atoms with E-state index >= 15 is 0 Å². The summed E-state index contributed by atoms with van der Waals surface area (Å²) >= 11 is 0. The summed E-state index contributed by atoms with van der Waals surface area (Å²) in [6.45, 7) is 0. The zero-order chi connectivity index (χ0) is 10.5. The lowest BCUT2D eigenvalue weighted by molar-refractivity contribution is 0.417. The Kier molecular flexibility index (Phi) is 1.50. The summed E-state index contributed by atoms with van der Waals surface area (Å²) in [6, 6.07) is 0.504. The predicted octanol–water partition coefficient (Wildman–Crippen LogP) is 0.366. The van der Waals surface area contributed by atoms with E-state index < -0.39 is 0 Å². The van der Waals surface area contributed by atoms with Crippen molar-refractivity contribution >= 4 is 11.6 Å². The maximum Gasteiger partial charge on any atom is 0.291 e. The van der Waals surface area contributed by atoms with Crippen molar-refractivity contribution in [2.45, 2.75) is 37.6 Å². The first-order valence-electron chi connectivity index (χ1n) is 5.65. The Morgan fingerprint density at radius 1 is 1.25 bits per heavy atom. The highest BCUT2D eigenvalue weighted by molar-refractivity contribution is 5.52. The molecule has 2 atom stereocenters. The van der Waals surface area contributed by atoms with Crippen LogP contribution in [-0.2, 0) is 0 Å². The van der Waals surface area contributed by atoms with Gasteiger partial charge in [-0.3, -0.25) is 0 Å². The van der Waals surface area contributed by atoms with Gasteiger partial charge in [-0.2, -0.15) is 0 Å². The van der Waals surface area contributed by atoms with Crippen LogP contribution < -0.4 is 5.32 Å². The van der Waals surface area contributed by atoms with Crippen molar-refractivity contribution in [3.8, 4) is 0 Å². The number of anilines is 1. The van der Waals surface area contributed by atoms with Crippen LogP contribution in [0.5, 0.6) is 0 Å². The first-order valence-corrected chi connectivity index (χ1v) is 5.65. The van der Waals surface area contributed by atoms with E-state index in [-0.39, 0.29) is 0 Å². The lowest BCUT2D eigenvalue weighted by Gasteiger charge is -2.24. The van der Waals surface area contributed by atoms with Crippen molar-refractivity contribution in [2.24, 2.45) is 0 Å². The average Bonchev–Trinajstić information content (AvgIpc) is 2.88. The highest BCUT2D eigenvalue weighted by Crippen LogP contribution is 2.41. The van der Waals surface area contributed by atoms with Gasteiger partial charge in [0.25, 0.3) is 5.78 Å². The van der Waals surface area contributed by atoms with Crippen LogP contribution in [0.1, 0.15) is 37.3 Å². The topological polar surface area (TPSA) is 80.9 Å². The quantitative estimate of drug-likeness (QED) is 0.686. The number of fused-ring (bicyclic) bond motifs is 4. The molecule has 0 radical (unpaired) electrons. The Hall–Kier alpha value is -1.79. The van der Waals surface area contributed by atoms with Gasteiger partial charge in [0.05, 0.1) is 5.69 Å². The van der Waals surface area contributed by atoms with Crippen LogP contribution in [0.15, 0.2) is 0 Å². The molecule has 1 N–H and O–H groups in total. The molecule has 1 aliphatic carbocycles. The fraction of sp³-hybridized carbons (Fsp3) is 0.667. The predicted molar refractivity (Wildman–Crippen MR) is 55.0 cm³/mol. The molecule has 2 aromatic heterocycles. The number of rotatable bonds is 0. The Balaban J connectivity index is 1.89. The number of hydrogen-bond donors (Lipinski definition) is 1. The molecular weight excluding hydrogens is 206 g/mol. The van der Waals surface area contributed by atoms with Gasteiger partial charge >= 0.3 is 0 Å². The zero-order valence-electron chi connectivity index (χ0n) is 8.67. The van der Waals surface area contributed by atoms with Gasteiger partial charge in [-0.1, -0.05) is 22.6 Å². The molecule has 1 saturated carbocycles. The first kappa shape index (κ1) is 8.37. The summed E-state index contributed by atoms with van der Waals surface area (Å²) in [5.41, 5.74) is 1.05. The van der Waals surface area contributed by atoms with Gasteiger partial charge in [0.1, 0.15) is 0 Å². The minimum atomic E-state index is 0.492. The van der Waals surface area contributed by atoms with Crippen molar-refractivity contribution in [1.82, 2.24) is 30.2 Å². The standard InChI is InChI=1S/C9H11N7/c1-2-4-6-5(3-1)7-8(10-6)13-16-9(11-7)12-14-15-16/h5-6H,1-4H2,(H,10,13). The number of aromatic nitrogens is 6.